The molecule has 2 amide bonds. The molecule has 3 aromatic carbocycles. The number of hydrogen-bond donors (Lipinski definition) is 1. The number of hydrogen-bond acceptors (Lipinski definition) is 4. The van der Waals surface area contributed by atoms with Crippen LogP contribution in [0.4, 0.5) is 11.4 Å². The van der Waals surface area contributed by atoms with Crippen molar-refractivity contribution in [1.29, 1.82) is 0 Å². The molecule has 0 unspecified atom stereocenters. The van der Waals surface area contributed by atoms with Gasteiger partial charge in [-0.3, -0.25) is 14.5 Å². The van der Waals surface area contributed by atoms with Crippen molar-refractivity contribution in [2.24, 2.45) is 0 Å². The zero-order valence-corrected chi connectivity index (χ0v) is 17.6. The van der Waals surface area contributed by atoms with Crippen LogP contribution in [0.15, 0.2) is 72.8 Å². The van der Waals surface area contributed by atoms with Crippen molar-refractivity contribution in [1.82, 2.24) is 0 Å². The van der Waals surface area contributed by atoms with Crippen LogP contribution in [0, 0.1) is 6.92 Å². The molecule has 1 atom stereocenters. The summed E-state index contributed by atoms with van der Waals surface area (Å²) in [6, 6.07) is 22.7. The standard InChI is InChI=1S/C24H22N2O3S/c1-16-5-3-7-20(13-16)26-22(27)15-30-24(26)17-9-11-19(12-10-17)25-23(28)18-6-4-8-21(14-18)29-2/h3-14,24H,15H2,1-2H3,(H,25,28)/t24-/m1/s1. The number of amides is 2. The van der Waals surface area contributed by atoms with Crippen molar-refractivity contribution in [3.05, 3.63) is 89.5 Å². The van der Waals surface area contributed by atoms with Gasteiger partial charge in [0, 0.05) is 16.9 Å². The van der Waals surface area contributed by atoms with E-state index < -0.39 is 0 Å². The van der Waals surface area contributed by atoms with E-state index in [1.807, 2.05) is 60.4 Å². The first kappa shape index (κ1) is 20.0. The van der Waals surface area contributed by atoms with E-state index in [1.54, 1.807) is 43.1 Å². The molecule has 0 aliphatic carbocycles. The second kappa shape index (κ2) is 8.63. The molecule has 0 saturated carbocycles. The van der Waals surface area contributed by atoms with E-state index >= 15 is 0 Å². The van der Waals surface area contributed by atoms with E-state index in [4.69, 9.17) is 4.74 Å². The Morgan fingerprint density at radius 2 is 1.83 bits per heavy atom. The zero-order valence-electron chi connectivity index (χ0n) is 16.8. The minimum Gasteiger partial charge on any atom is -0.497 e. The summed E-state index contributed by atoms with van der Waals surface area (Å²) in [5.41, 5.74) is 4.27. The largest absolute Gasteiger partial charge is 0.497 e. The number of carbonyl (C=O) groups excluding carboxylic acids is 2. The topological polar surface area (TPSA) is 58.6 Å². The van der Waals surface area contributed by atoms with E-state index in [-0.39, 0.29) is 17.2 Å². The lowest BCUT2D eigenvalue weighted by Crippen LogP contribution is -2.27. The number of aryl methyl sites for hydroxylation is 1. The van der Waals surface area contributed by atoms with Crippen LogP contribution in [0.2, 0.25) is 0 Å². The Balaban J connectivity index is 1.51. The van der Waals surface area contributed by atoms with Crippen LogP contribution in [0.25, 0.3) is 0 Å². The summed E-state index contributed by atoms with van der Waals surface area (Å²) in [4.78, 5) is 26.9. The summed E-state index contributed by atoms with van der Waals surface area (Å²) >= 11 is 1.61. The van der Waals surface area contributed by atoms with Crippen LogP contribution in [0.3, 0.4) is 0 Å². The number of rotatable bonds is 5. The third-order valence-electron chi connectivity index (χ3n) is 4.93. The molecule has 1 aliphatic heterocycles. The number of thioether (sulfide) groups is 1. The molecule has 30 heavy (non-hydrogen) atoms. The van der Waals surface area contributed by atoms with Crippen molar-refractivity contribution in [3.63, 3.8) is 0 Å². The van der Waals surface area contributed by atoms with Gasteiger partial charge in [-0.05, 0) is 60.5 Å². The van der Waals surface area contributed by atoms with Crippen molar-refractivity contribution >= 4 is 35.0 Å². The number of nitrogens with zero attached hydrogens (tertiary/aromatic N) is 1. The van der Waals surface area contributed by atoms with Gasteiger partial charge in [0.15, 0.2) is 0 Å². The summed E-state index contributed by atoms with van der Waals surface area (Å²) in [6.07, 6.45) is 0. The summed E-state index contributed by atoms with van der Waals surface area (Å²) in [6.45, 7) is 2.02. The number of benzene rings is 3. The van der Waals surface area contributed by atoms with Gasteiger partial charge in [0.25, 0.3) is 5.91 Å². The Hall–Kier alpha value is -3.25. The molecule has 1 fully saturated rings. The first-order valence-electron chi connectivity index (χ1n) is 9.61. The predicted octanol–water partition coefficient (Wildman–Crippen LogP) is 5.03. The fraction of sp³-hybridized carbons (Fsp3) is 0.167. The Morgan fingerprint density at radius 1 is 1.07 bits per heavy atom. The highest BCUT2D eigenvalue weighted by Gasteiger charge is 2.34. The average Bonchev–Trinajstić information content (AvgIpc) is 3.15. The number of carbonyl (C=O) groups is 2. The maximum absolute atomic E-state index is 12.5. The van der Waals surface area contributed by atoms with Crippen LogP contribution in [-0.2, 0) is 4.79 Å². The summed E-state index contributed by atoms with van der Waals surface area (Å²) in [5, 5.41) is 2.82. The van der Waals surface area contributed by atoms with Gasteiger partial charge in [-0.1, -0.05) is 30.3 Å². The van der Waals surface area contributed by atoms with Crippen LogP contribution in [0.1, 0.15) is 26.9 Å². The molecule has 6 heteroatoms. The van der Waals surface area contributed by atoms with Crippen LogP contribution in [-0.4, -0.2) is 24.7 Å². The highest BCUT2D eigenvalue weighted by Crippen LogP contribution is 2.42. The molecule has 1 heterocycles. The van der Waals surface area contributed by atoms with E-state index in [2.05, 4.69) is 5.32 Å². The third-order valence-corrected chi connectivity index (χ3v) is 6.15. The number of nitrogens with one attached hydrogen (secondary N) is 1. The number of ether oxygens (including phenoxy) is 1. The Labute approximate surface area is 180 Å². The van der Waals surface area contributed by atoms with E-state index in [1.165, 1.54) is 0 Å². The van der Waals surface area contributed by atoms with Gasteiger partial charge in [0.05, 0.1) is 12.9 Å². The fourth-order valence-corrected chi connectivity index (χ4v) is 4.60. The molecule has 3 aromatic rings. The maximum atomic E-state index is 12.5. The first-order valence-corrected chi connectivity index (χ1v) is 10.7. The lowest BCUT2D eigenvalue weighted by Gasteiger charge is -2.25. The van der Waals surface area contributed by atoms with Crippen molar-refractivity contribution < 1.29 is 14.3 Å². The van der Waals surface area contributed by atoms with Gasteiger partial charge in [-0.25, -0.2) is 0 Å². The molecule has 0 radical (unpaired) electrons. The highest BCUT2D eigenvalue weighted by atomic mass is 32.2. The molecule has 1 aliphatic rings. The minimum absolute atomic E-state index is 0.0811. The molecule has 4 rings (SSSR count). The molecular formula is C24H22N2O3S. The molecule has 0 spiro atoms. The molecule has 1 N–H and O–H groups in total. The van der Waals surface area contributed by atoms with Gasteiger partial charge >= 0.3 is 0 Å². The normalized spacial score (nSPS) is 15.9. The van der Waals surface area contributed by atoms with Crippen LogP contribution in [0.5, 0.6) is 5.75 Å². The average molecular weight is 419 g/mol. The molecular weight excluding hydrogens is 396 g/mol. The summed E-state index contributed by atoms with van der Waals surface area (Å²) in [5.74, 6) is 0.990. The summed E-state index contributed by atoms with van der Waals surface area (Å²) in [7, 11) is 1.57. The van der Waals surface area contributed by atoms with Gasteiger partial charge in [0.1, 0.15) is 11.1 Å². The minimum atomic E-state index is -0.201. The predicted molar refractivity (Wildman–Crippen MR) is 121 cm³/mol. The Kier molecular flexibility index (Phi) is 5.77. The van der Waals surface area contributed by atoms with Crippen molar-refractivity contribution in [2.45, 2.75) is 12.3 Å². The van der Waals surface area contributed by atoms with E-state index in [9.17, 15) is 9.59 Å². The quantitative estimate of drug-likeness (QED) is 0.631. The van der Waals surface area contributed by atoms with Gasteiger partial charge < -0.3 is 10.1 Å². The Morgan fingerprint density at radius 3 is 2.57 bits per heavy atom. The first-order chi connectivity index (χ1) is 14.5. The SMILES string of the molecule is COc1cccc(C(=O)Nc2ccc([C@H]3SCC(=O)N3c3cccc(C)c3)cc2)c1. The molecule has 0 bridgehead atoms. The molecule has 0 aromatic heterocycles. The third kappa shape index (κ3) is 4.19. The zero-order chi connectivity index (χ0) is 21.1. The van der Waals surface area contributed by atoms with Crippen LogP contribution < -0.4 is 15.0 Å². The molecule has 1 saturated heterocycles. The van der Waals surface area contributed by atoms with Crippen molar-refractivity contribution in [3.8, 4) is 5.75 Å². The number of anilines is 2. The van der Waals surface area contributed by atoms with E-state index in [0.717, 1.165) is 16.8 Å². The van der Waals surface area contributed by atoms with Gasteiger partial charge in [-0.2, -0.15) is 0 Å². The summed E-state index contributed by atoms with van der Waals surface area (Å²) < 4.78 is 5.18. The fourth-order valence-electron chi connectivity index (χ4n) is 3.43. The van der Waals surface area contributed by atoms with Gasteiger partial charge in [-0.15, -0.1) is 11.8 Å². The highest BCUT2D eigenvalue weighted by molar-refractivity contribution is 8.00. The molecule has 152 valence electrons. The maximum Gasteiger partial charge on any atom is 0.255 e. The van der Waals surface area contributed by atoms with Gasteiger partial charge in [0.2, 0.25) is 5.91 Å². The van der Waals surface area contributed by atoms with Crippen LogP contribution >= 0.6 is 11.8 Å². The lowest BCUT2D eigenvalue weighted by atomic mass is 10.1. The van der Waals surface area contributed by atoms with E-state index in [0.29, 0.717) is 22.8 Å². The second-order valence-electron chi connectivity index (χ2n) is 7.07. The monoisotopic (exact) mass is 418 g/mol. The number of methoxy groups -OCH3 is 1. The Bertz CT molecular complexity index is 1080. The second-order valence-corrected chi connectivity index (χ2v) is 8.14. The lowest BCUT2D eigenvalue weighted by molar-refractivity contribution is -0.115. The van der Waals surface area contributed by atoms with Crippen molar-refractivity contribution in [2.75, 3.05) is 23.1 Å². The molecule has 5 nitrogen and oxygen atoms in total. The smallest absolute Gasteiger partial charge is 0.255 e.